The fourth-order valence-electron chi connectivity index (χ4n) is 2.58. The first-order valence-electron chi connectivity index (χ1n) is 6.71. The van der Waals surface area contributed by atoms with Crippen LogP contribution in [0.5, 0.6) is 0 Å². The third kappa shape index (κ3) is 2.02. The number of nitrogens with one attached hydrogen (secondary N) is 2. The molecule has 1 aliphatic rings. The second-order valence-electron chi connectivity index (χ2n) is 4.76. The van der Waals surface area contributed by atoms with Crippen LogP contribution < -0.4 is 16.0 Å². The molecule has 3 rings (SSSR count). The quantitative estimate of drug-likeness (QED) is 0.736. The van der Waals surface area contributed by atoms with E-state index in [-0.39, 0.29) is 11.9 Å². The van der Waals surface area contributed by atoms with Gasteiger partial charge < -0.3 is 20.9 Å². The van der Waals surface area contributed by atoms with Gasteiger partial charge in [0.15, 0.2) is 11.5 Å². The van der Waals surface area contributed by atoms with Crippen LogP contribution in [-0.4, -0.2) is 45.0 Å². The minimum Gasteiger partial charge on any atom is -0.368 e. The average Bonchev–Trinajstić information content (AvgIpc) is 3.06. The number of anilines is 2. The minimum absolute atomic E-state index is 0.314. The molecule has 8 nitrogen and oxygen atoms in total. The Morgan fingerprint density at radius 3 is 3.20 bits per heavy atom. The van der Waals surface area contributed by atoms with E-state index < -0.39 is 0 Å². The van der Waals surface area contributed by atoms with E-state index in [0.29, 0.717) is 24.0 Å². The molecule has 8 heteroatoms. The Bertz CT molecular complexity index is 638. The van der Waals surface area contributed by atoms with Crippen LogP contribution in [0.3, 0.4) is 0 Å². The number of primary amides is 1. The Kier molecular flexibility index (Phi) is 3.13. The molecule has 1 unspecified atom stereocenters. The van der Waals surface area contributed by atoms with Gasteiger partial charge in [0.05, 0.1) is 6.33 Å². The number of nitrogens with zero attached hydrogens (tertiary/aromatic N) is 4. The number of hydrogen-bond donors (Lipinski definition) is 3. The highest BCUT2D eigenvalue weighted by Gasteiger charge is 2.32. The van der Waals surface area contributed by atoms with Crippen LogP contribution in [0.1, 0.15) is 19.8 Å². The van der Waals surface area contributed by atoms with Gasteiger partial charge in [-0.15, -0.1) is 0 Å². The van der Waals surface area contributed by atoms with Crippen LogP contribution in [0.25, 0.3) is 11.2 Å². The molecule has 2 aromatic rings. The molecule has 4 N–H and O–H groups in total. The first-order chi connectivity index (χ1) is 9.70. The van der Waals surface area contributed by atoms with Gasteiger partial charge in [0.2, 0.25) is 11.9 Å². The predicted molar refractivity (Wildman–Crippen MR) is 75.4 cm³/mol. The van der Waals surface area contributed by atoms with E-state index >= 15 is 0 Å². The average molecular weight is 275 g/mol. The van der Waals surface area contributed by atoms with E-state index in [4.69, 9.17) is 5.73 Å². The maximum atomic E-state index is 11.6. The van der Waals surface area contributed by atoms with Crippen molar-refractivity contribution in [2.45, 2.75) is 25.8 Å². The molecule has 3 heterocycles. The van der Waals surface area contributed by atoms with E-state index in [1.807, 2.05) is 11.8 Å². The molecule has 1 atom stereocenters. The van der Waals surface area contributed by atoms with Crippen molar-refractivity contribution >= 4 is 28.8 Å². The predicted octanol–water partition coefficient (Wildman–Crippen LogP) is 0.239. The highest BCUT2D eigenvalue weighted by molar-refractivity contribution is 5.90. The SMILES string of the molecule is CCNc1nc(N2CCCC2C(N)=O)c2[nH]cnc2n1. The minimum atomic E-state index is -0.321. The number of hydrogen-bond acceptors (Lipinski definition) is 6. The van der Waals surface area contributed by atoms with Crippen LogP contribution in [0.2, 0.25) is 0 Å². The third-order valence-corrected chi connectivity index (χ3v) is 3.45. The molecule has 1 aliphatic heterocycles. The first kappa shape index (κ1) is 12.6. The number of imidazole rings is 1. The third-order valence-electron chi connectivity index (χ3n) is 3.45. The van der Waals surface area contributed by atoms with Crippen molar-refractivity contribution in [3.63, 3.8) is 0 Å². The van der Waals surface area contributed by atoms with Crippen LogP contribution in [0.4, 0.5) is 11.8 Å². The van der Waals surface area contributed by atoms with Gasteiger partial charge >= 0.3 is 0 Å². The number of carbonyl (C=O) groups excluding carboxylic acids is 1. The van der Waals surface area contributed by atoms with Crippen molar-refractivity contribution in [3.8, 4) is 0 Å². The summed E-state index contributed by atoms with van der Waals surface area (Å²) in [4.78, 5) is 29.5. The van der Waals surface area contributed by atoms with Gasteiger partial charge in [0.25, 0.3) is 0 Å². The number of nitrogens with two attached hydrogens (primary N) is 1. The summed E-state index contributed by atoms with van der Waals surface area (Å²) in [6, 6.07) is -0.314. The number of fused-ring (bicyclic) bond motifs is 1. The molecule has 1 fully saturated rings. The monoisotopic (exact) mass is 275 g/mol. The molecule has 1 saturated heterocycles. The zero-order chi connectivity index (χ0) is 14.1. The molecular weight excluding hydrogens is 258 g/mol. The maximum Gasteiger partial charge on any atom is 0.240 e. The lowest BCUT2D eigenvalue weighted by molar-refractivity contribution is -0.119. The van der Waals surface area contributed by atoms with Crippen molar-refractivity contribution < 1.29 is 4.79 Å². The smallest absolute Gasteiger partial charge is 0.240 e. The lowest BCUT2D eigenvalue weighted by atomic mass is 10.2. The largest absolute Gasteiger partial charge is 0.368 e. The van der Waals surface area contributed by atoms with E-state index in [9.17, 15) is 4.79 Å². The van der Waals surface area contributed by atoms with Gasteiger partial charge in [0, 0.05) is 13.1 Å². The van der Waals surface area contributed by atoms with Gasteiger partial charge in [-0.2, -0.15) is 9.97 Å². The Hall–Kier alpha value is -2.38. The summed E-state index contributed by atoms with van der Waals surface area (Å²) in [5, 5.41) is 3.08. The number of aromatic amines is 1. The van der Waals surface area contributed by atoms with E-state index in [0.717, 1.165) is 24.9 Å². The normalized spacial score (nSPS) is 18.6. The topological polar surface area (TPSA) is 113 Å². The molecule has 0 saturated carbocycles. The van der Waals surface area contributed by atoms with Crippen molar-refractivity contribution in [1.29, 1.82) is 0 Å². The number of amides is 1. The fourth-order valence-corrected chi connectivity index (χ4v) is 2.58. The number of H-pyrrole nitrogens is 1. The second kappa shape index (κ2) is 4.95. The number of carbonyl (C=O) groups is 1. The zero-order valence-electron chi connectivity index (χ0n) is 11.3. The van der Waals surface area contributed by atoms with E-state index in [1.165, 1.54) is 0 Å². The summed E-state index contributed by atoms with van der Waals surface area (Å²) in [6.07, 6.45) is 3.25. The van der Waals surface area contributed by atoms with Gasteiger partial charge in [-0.05, 0) is 19.8 Å². The number of aromatic nitrogens is 4. The molecule has 0 aliphatic carbocycles. The van der Waals surface area contributed by atoms with E-state index in [2.05, 4.69) is 25.3 Å². The Morgan fingerprint density at radius 1 is 1.60 bits per heavy atom. The first-order valence-corrected chi connectivity index (χ1v) is 6.71. The summed E-state index contributed by atoms with van der Waals surface area (Å²) in [5.41, 5.74) is 6.80. The molecule has 2 aromatic heterocycles. The van der Waals surface area contributed by atoms with Crippen LogP contribution in [-0.2, 0) is 4.79 Å². The second-order valence-corrected chi connectivity index (χ2v) is 4.76. The highest BCUT2D eigenvalue weighted by atomic mass is 16.1. The lowest BCUT2D eigenvalue weighted by Gasteiger charge is -2.23. The van der Waals surface area contributed by atoms with Crippen LogP contribution >= 0.6 is 0 Å². The van der Waals surface area contributed by atoms with Crippen LogP contribution in [0.15, 0.2) is 6.33 Å². The summed E-state index contributed by atoms with van der Waals surface area (Å²) in [7, 11) is 0. The Balaban J connectivity index is 2.09. The summed E-state index contributed by atoms with van der Waals surface area (Å²) < 4.78 is 0. The maximum absolute atomic E-state index is 11.6. The Morgan fingerprint density at radius 2 is 2.45 bits per heavy atom. The molecule has 0 bridgehead atoms. The molecule has 0 spiro atoms. The van der Waals surface area contributed by atoms with Crippen molar-refractivity contribution in [2.75, 3.05) is 23.3 Å². The van der Waals surface area contributed by atoms with Crippen molar-refractivity contribution in [2.24, 2.45) is 5.73 Å². The van der Waals surface area contributed by atoms with Gasteiger partial charge in [-0.25, -0.2) is 4.98 Å². The highest BCUT2D eigenvalue weighted by Crippen LogP contribution is 2.29. The van der Waals surface area contributed by atoms with Crippen molar-refractivity contribution in [1.82, 2.24) is 19.9 Å². The molecule has 106 valence electrons. The molecular formula is C12H17N7O. The molecule has 20 heavy (non-hydrogen) atoms. The van der Waals surface area contributed by atoms with Crippen LogP contribution in [0, 0.1) is 0 Å². The fraction of sp³-hybridized carbons (Fsp3) is 0.500. The van der Waals surface area contributed by atoms with Gasteiger partial charge in [0.1, 0.15) is 11.6 Å². The standard InChI is InChI=1S/C12H17N7O/c1-2-14-12-17-10-8(15-6-16-10)11(18-12)19-5-3-4-7(19)9(13)20/h6-7H,2-5H2,1H3,(H2,13,20)(H2,14,15,16,17,18). The Labute approximate surface area is 115 Å². The molecule has 1 amide bonds. The summed E-state index contributed by atoms with van der Waals surface area (Å²) >= 11 is 0. The number of rotatable bonds is 4. The van der Waals surface area contributed by atoms with Gasteiger partial charge in [-0.3, -0.25) is 4.79 Å². The van der Waals surface area contributed by atoms with E-state index in [1.54, 1.807) is 6.33 Å². The van der Waals surface area contributed by atoms with Crippen molar-refractivity contribution in [3.05, 3.63) is 6.33 Å². The molecule has 0 aromatic carbocycles. The lowest BCUT2D eigenvalue weighted by Crippen LogP contribution is -2.41. The zero-order valence-corrected chi connectivity index (χ0v) is 11.3. The molecule has 0 radical (unpaired) electrons. The summed E-state index contributed by atoms with van der Waals surface area (Å²) in [6.45, 7) is 3.44. The van der Waals surface area contributed by atoms with Gasteiger partial charge in [-0.1, -0.05) is 0 Å². The summed E-state index contributed by atoms with van der Waals surface area (Å²) in [5.74, 6) is 0.876.